The largest absolute Gasteiger partial charge is 0.358 e. The van der Waals surface area contributed by atoms with E-state index in [0.717, 1.165) is 5.56 Å². The molecule has 0 aliphatic heterocycles. The highest BCUT2D eigenvalue weighted by molar-refractivity contribution is 7.61. The molecule has 1 aromatic rings. The van der Waals surface area contributed by atoms with Crippen LogP contribution < -0.4 is 5.30 Å². The predicted molar refractivity (Wildman–Crippen MR) is 65.7 cm³/mol. The summed E-state index contributed by atoms with van der Waals surface area (Å²) < 4.78 is 16.2. The van der Waals surface area contributed by atoms with Crippen LogP contribution in [0.25, 0.3) is 0 Å². The average molecular weight is 232 g/mol. The van der Waals surface area contributed by atoms with Crippen molar-refractivity contribution in [2.24, 2.45) is 0 Å². The van der Waals surface area contributed by atoms with Gasteiger partial charge in [0, 0.05) is 1.43 Å². The molecule has 4 heteroatoms. The molecule has 0 aliphatic carbocycles. The summed E-state index contributed by atoms with van der Waals surface area (Å²) in [5.74, 6) is 0. The second-order valence-electron chi connectivity index (χ2n) is 2.77. The van der Waals surface area contributed by atoms with Crippen molar-refractivity contribution in [1.29, 1.82) is 0 Å². The summed E-state index contributed by atoms with van der Waals surface area (Å²) in [5.41, 5.74) is 1.06. The second kappa shape index (κ2) is 6.78. The highest BCUT2D eigenvalue weighted by Gasteiger charge is 2.20. The summed E-state index contributed by atoms with van der Waals surface area (Å²) in [6.07, 6.45) is 0. The van der Waals surface area contributed by atoms with Gasteiger partial charge in [-0.1, -0.05) is 31.5 Å². The van der Waals surface area contributed by atoms with Gasteiger partial charge in [-0.25, -0.2) is 0 Å². The van der Waals surface area contributed by atoms with Crippen LogP contribution in [0.15, 0.2) is 24.3 Å². The highest BCUT2D eigenvalue weighted by Crippen LogP contribution is 2.40. The van der Waals surface area contributed by atoms with Crippen LogP contribution in [0.4, 0.5) is 0 Å². The summed E-state index contributed by atoms with van der Waals surface area (Å²) in [7, 11) is -3.56. The van der Waals surface area contributed by atoms with Gasteiger partial charge in [0.15, 0.2) is 0 Å². The smallest absolute Gasteiger partial charge is 0.321 e. The van der Waals surface area contributed by atoms with Crippen LogP contribution in [0.2, 0.25) is 0 Å². The minimum atomic E-state index is -3.56. The molecule has 1 atom stereocenters. The Labute approximate surface area is 93.1 Å². The molecule has 0 heterocycles. The van der Waals surface area contributed by atoms with Gasteiger partial charge in [0.1, 0.15) is 0 Å². The first-order valence-corrected chi connectivity index (χ1v) is 6.68. The quantitative estimate of drug-likeness (QED) is 0.814. The fourth-order valence-corrected chi connectivity index (χ4v) is 2.01. The van der Waals surface area contributed by atoms with Gasteiger partial charge < -0.3 is 9.42 Å². The Morgan fingerprint density at radius 2 is 1.80 bits per heavy atom. The van der Waals surface area contributed by atoms with Crippen LogP contribution in [-0.4, -0.2) is 11.5 Å². The van der Waals surface area contributed by atoms with Crippen molar-refractivity contribution in [3.05, 3.63) is 29.8 Å². The first kappa shape index (κ1) is 14.4. The Bertz CT molecular complexity index is 325. The Balaban J connectivity index is 0. The Kier molecular flexibility index (Phi) is 6.50. The van der Waals surface area contributed by atoms with Crippen LogP contribution >= 0.6 is 7.60 Å². The summed E-state index contributed by atoms with van der Waals surface area (Å²) in [5, 5.41) is 0.347. The van der Waals surface area contributed by atoms with E-state index in [0.29, 0.717) is 5.30 Å². The molecule has 0 aromatic heterocycles. The number of benzene rings is 1. The van der Waals surface area contributed by atoms with E-state index in [1.807, 2.05) is 20.8 Å². The first-order chi connectivity index (χ1) is 7.06. The van der Waals surface area contributed by atoms with E-state index in [1.165, 1.54) is 0 Å². The SMILES string of the molecule is CC.CCOP(=O)(O)c1ccc(C)cc1.[HH]. The lowest BCUT2D eigenvalue weighted by atomic mass is 10.2. The lowest BCUT2D eigenvalue weighted by Gasteiger charge is -2.10. The Morgan fingerprint density at radius 3 is 2.20 bits per heavy atom. The van der Waals surface area contributed by atoms with Crippen molar-refractivity contribution in [3.8, 4) is 0 Å². The summed E-state index contributed by atoms with van der Waals surface area (Å²) >= 11 is 0. The van der Waals surface area contributed by atoms with E-state index in [9.17, 15) is 9.46 Å². The van der Waals surface area contributed by atoms with Gasteiger partial charge in [0.2, 0.25) is 0 Å². The zero-order chi connectivity index (χ0) is 11.9. The van der Waals surface area contributed by atoms with Crippen molar-refractivity contribution in [2.75, 3.05) is 6.61 Å². The second-order valence-corrected chi connectivity index (χ2v) is 4.59. The van der Waals surface area contributed by atoms with Crippen LogP contribution in [0.1, 0.15) is 27.8 Å². The Hall–Kier alpha value is -0.630. The minimum Gasteiger partial charge on any atom is -0.321 e. The molecule has 0 fully saturated rings. The van der Waals surface area contributed by atoms with Crippen LogP contribution in [-0.2, 0) is 9.09 Å². The van der Waals surface area contributed by atoms with E-state index in [1.54, 1.807) is 31.2 Å². The van der Waals surface area contributed by atoms with E-state index < -0.39 is 7.60 Å². The fourth-order valence-electron chi connectivity index (χ4n) is 0.983. The van der Waals surface area contributed by atoms with Crippen LogP contribution in [0.5, 0.6) is 0 Å². The lowest BCUT2D eigenvalue weighted by Crippen LogP contribution is -2.06. The fraction of sp³-hybridized carbons (Fsp3) is 0.455. The molecular formula is C11H21O3P. The summed E-state index contributed by atoms with van der Waals surface area (Å²) in [6.45, 7) is 7.85. The molecule has 15 heavy (non-hydrogen) atoms. The molecule has 1 rings (SSSR count). The number of rotatable bonds is 3. The third-order valence-electron chi connectivity index (χ3n) is 1.66. The van der Waals surface area contributed by atoms with Gasteiger partial charge in [0.25, 0.3) is 0 Å². The normalized spacial score (nSPS) is 13.7. The average Bonchev–Trinajstić information content (AvgIpc) is 2.21. The zero-order valence-electron chi connectivity index (χ0n) is 9.73. The number of hydrogen-bond acceptors (Lipinski definition) is 2. The maximum absolute atomic E-state index is 11.5. The molecule has 1 aromatic carbocycles. The van der Waals surface area contributed by atoms with Gasteiger partial charge in [0.05, 0.1) is 11.9 Å². The molecule has 0 saturated heterocycles. The topological polar surface area (TPSA) is 46.5 Å². The van der Waals surface area contributed by atoms with Crippen molar-refractivity contribution in [2.45, 2.75) is 27.7 Å². The zero-order valence-corrected chi connectivity index (χ0v) is 10.6. The molecule has 88 valence electrons. The van der Waals surface area contributed by atoms with Gasteiger partial charge in [-0.15, -0.1) is 0 Å². The molecule has 0 bridgehead atoms. The van der Waals surface area contributed by atoms with Crippen molar-refractivity contribution < 1.29 is 15.4 Å². The van der Waals surface area contributed by atoms with E-state index >= 15 is 0 Å². The minimum absolute atomic E-state index is 0. The molecule has 0 saturated carbocycles. The number of hydrogen-bond donors (Lipinski definition) is 1. The predicted octanol–water partition coefficient (Wildman–Crippen LogP) is 3.11. The maximum atomic E-state index is 11.5. The molecule has 1 N–H and O–H groups in total. The van der Waals surface area contributed by atoms with E-state index in [4.69, 9.17) is 4.52 Å². The van der Waals surface area contributed by atoms with E-state index in [2.05, 4.69) is 0 Å². The highest BCUT2D eigenvalue weighted by atomic mass is 31.2. The maximum Gasteiger partial charge on any atom is 0.358 e. The van der Waals surface area contributed by atoms with Gasteiger partial charge in [-0.3, -0.25) is 4.57 Å². The summed E-state index contributed by atoms with van der Waals surface area (Å²) in [4.78, 5) is 9.41. The van der Waals surface area contributed by atoms with Gasteiger partial charge in [-0.05, 0) is 26.0 Å². The van der Waals surface area contributed by atoms with Crippen LogP contribution in [0.3, 0.4) is 0 Å². The standard InChI is InChI=1S/C9H13O3P.C2H6.H2/c1-3-12-13(10,11)9-6-4-8(2)5-7-9;1-2;/h4-7H,3H2,1-2H3,(H,10,11);1-2H3;1H. The lowest BCUT2D eigenvalue weighted by molar-refractivity contribution is 0.284. The Morgan fingerprint density at radius 1 is 1.33 bits per heavy atom. The van der Waals surface area contributed by atoms with Crippen molar-refractivity contribution in [3.63, 3.8) is 0 Å². The van der Waals surface area contributed by atoms with Gasteiger partial charge >= 0.3 is 7.60 Å². The van der Waals surface area contributed by atoms with Crippen molar-refractivity contribution in [1.82, 2.24) is 0 Å². The third kappa shape index (κ3) is 4.61. The van der Waals surface area contributed by atoms with Gasteiger partial charge in [-0.2, -0.15) is 0 Å². The molecular weight excluding hydrogens is 211 g/mol. The molecule has 1 unspecified atom stereocenters. The number of aryl methyl sites for hydroxylation is 1. The molecule has 0 aliphatic rings. The summed E-state index contributed by atoms with van der Waals surface area (Å²) in [6, 6.07) is 6.81. The molecule has 0 spiro atoms. The van der Waals surface area contributed by atoms with E-state index in [-0.39, 0.29) is 8.03 Å². The monoisotopic (exact) mass is 232 g/mol. The molecule has 0 radical (unpaired) electrons. The van der Waals surface area contributed by atoms with Crippen molar-refractivity contribution >= 4 is 12.9 Å². The van der Waals surface area contributed by atoms with Crippen LogP contribution in [0, 0.1) is 6.92 Å². The molecule has 0 amide bonds. The first-order valence-electron chi connectivity index (χ1n) is 5.11. The third-order valence-corrected chi connectivity index (χ3v) is 3.22. The molecule has 3 nitrogen and oxygen atoms in total.